The van der Waals surface area contributed by atoms with Crippen LogP contribution in [0.3, 0.4) is 0 Å². The normalized spacial score (nSPS) is 10.6. The molecule has 0 amide bonds. The van der Waals surface area contributed by atoms with Crippen molar-refractivity contribution < 1.29 is 0 Å². The van der Waals surface area contributed by atoms with E-state index >= 15 is 0 Å². The van der Waals surface area contributed by atoms with Crippen LogP contribution in [0.1, 0.15) is 11.1 Å². The van der Waals surface area contributed by atoms with E-state index in [2.05, 4.69) is 29.4 Å². The van der Waals surface area contributed by atoms with Gasteiger partial charge in [-0.1, -0.05) is 66.7 Å². The minimum Gasteiger partial charge on any atom is -0.244 e. The molecule has 0 fully saturated rings. The first-order valence-corrected chi connectivity index (χ1v) is 7.54. The molecular weight excluding hydrogens is 282 g/mol. The smallest absolute Gasteiger partial charge is 0.109 e. The van der Waals surface area contributed by atoms with Crippen LogP contribution in [-0.2, 0) is 0 Å². The molecule has 0 atom stereocenters. The maximum Gasteiger partial charge on any atom is 0.109 e. The van der Waals surface area contributed by atoms with Gasteiger partial charge in [0.2, 0.25) is 0 Å². The maximum atomic E-state index is 4.92. The minimum atomic E-state index is 0.869. The van der Waals surface area contributed by atoms with Crippen molar-refractivity contribution in [3.05, 3.63) is 102 Å². The molecular formula is C20H15N3. The summed E-state index contributed by atoms with van der Waals surface area (Å²) in [4.78, 5) is 4.92. The first kappa shape index (κ1) is 13.5. The van der Waals surface area contributed by atoms with Gasteiger partial charge in [0, 0.05) is 17.3 Å². The molecule has 2 aromatic heterocycles. The van der Waals surface area contributed by atoms with Crippen LogP contribution in [0.2, 0.25) is 0 Å². The SMILES string of the molecule is c1ccc(C(=Nc2cnn3ccccc23)c2ccccc2)cc1. The van der Waals surface area contributed by atoms with E-state index in [1.807, 2.05) is 65.3 Å². The van der Waals surface area contributed by atoms with Gasteiger partial charge in [-0.25, -0.2) is 9.51 Å². The fraction of sp³-hybridized carbons (Fsp3) is 0. The first-order valence-electron chi connectivity index (χ1n) is 7.54. The lowest BCUT2D eigenvalue weighted by molar-refractivity contribution is 0.961. The lowest BCUT2D eigenvalue weighted by Crippen LogP contribution is -2.02. The molecule has 4 aromatic rings. The van der Waals surface area contributed by atoms with Crippen LogP contribution < -0.4 is 0 Å². The van der Waals surface area contributed by atoms with Crippen LogP contribution in [-0.4, -0.2) is 15.3 Å². The van der Waals surface area contributed by atoms with Gasteiger partial charge in [0.05, 0.1) is 17.4 Å². The van der Waals surface area contributed by atoms with Crippen LogP contribution in [0.25, 0.3) is 5.52 Å². The largest absolute Gasteiger partial charge is 0.244 e. The average Bonchev–Trinajstić information content (AvgIpc) is 3.04. The second-order valence-corrected chi connectivity index (χ2v) is 5.25. The molecule has 0 unspecified atom stereocenters. The summed E-state index contributed by atoms with van der Waals surface area (Å²) in [5.41, 5.74) is 5.00. The van der Waals surface area contributed by atoms with Gasteiger partial charge in [-0.3, -0.25) is 0 Å². The summed E-state index contributed by atoms with van der Waals surface area (Å²) in [5.74, 6) is 0. The first-order chi connectivity index (χ1) is 11.4. The number of fused-ring (bicyclic) bond motifs is 1. The number of pyridine rings is 1. The van der Waals surface area contributed by atoms with Crippen LogP contribution in [0, 0.1) is 0 Å². The molecule has 2 heterocycles. The highest BCUT2D eigenvalue weighted by Crippen LogP contribution is 2.23. The van der Waals surface area contributed by atoms with Crippen molar-refractivity contribution in [2.45, 2.75) is 0 Å². The van der Waals surface area contributed by atoms with Crippen molar-refractivity contribution in [3.8, 4) is 0 Å². The summed E-state index contributed by atoms with van der Waals surface area (Å²) >= 11 is 0. The lowest BCUT2D eigenvalue weighted by Gasteiger charge is -2.07. The molecule has 0 aliphatic carbocycles. The maximum absolute atomic E-state index is 4.92. The summed E-state index contributed by atoms with van der Waals surface area (Å²) in [6.45, 7) is 0. The Morgan fingerprint density at radius 2 is 1.35 bits per heavy atom. The summed E-state index contributed by atoms with van der Waals surface area (Å²) in [6, 6.07) is 26.5. The van der Waals surface area contributed by atoms with Crippen molar-refractivity contribution in [1.29, 1.82) is 0 Å². The summed E-state index contributed by atoms with van der Waals surface area (Å²) in [5, 5.41) is 4.37. The van der Waals surface area contributed by atoms with Crippen LogP contribution in [0.5, 0.6) is 0 Å². The highest BCUT2D eigenvalue weighted by Gasteiger charge is 2.09. The number of rotatable bonds is 3. The molecule has 3 heteroatoms. The molecule has 0 saturated heterocycles. The zero-order valence-electron chi connectivity index (χ0n) is 12.5. The molecule has 0 aliphatic heterocycles. The summed E-state index contributed by atoms with van der Waals surface area (Å²) in [7, 11) is 0. The third-order valence-electron chi connectivity index (χ3n) is 3.73. The van der Waals surface area contributed by atoms with Crippen molar-refractivity contribution >= 4 is 16.9 Å². The molecule has 23 heavy (non-hydrogen) atoms. The van der Waals surface area contributed by atoms with Gasteiger partial charge >= 0.3 is 0 Å². The second-order valence-electron chi connectivity index (χ2n) is 5.25. The van der Waals surface area contributed by atoms with E-state index < -0.39 is 0 Å². The molecule has 110 valence electrons. The van der Waals surface area contributed by atoms with Gasteiger partial charge in [0.25, 0.3) is 0 Å². The molecule has 3 nitrogen and oxygen atoms in total. The topological polar surface area (TPSA) is 29.7 Å². The number of aliphatic imine (C=N–C) groups is 1. The average molecular weight is 297 g/mol. The van der Waals surface area contributed by atoms with Gasteiger partial charge in [-0.15, -0.1) is 0 Å². The third kappa shape index (κ3) is 2.64. The van der Waals surface area contributed by atoms with E-state index in [1.54, 1.807) is 6.20 Å². The molecule has 0 radical (unpaired) electrons. The van der Waals surface area contributed by atoms with Crippen molar-refractivity contribution in [3.63, 3.8) is 0 Å². The van der Waals surface area contributed by atoms with Gasteiger partial charge in [-0.2, -0.15) is 5.10 Å². The Hall–Kier alpha value is -3.20. The quantitative estimate of drug-likeness (QED) is 0.512. The van der Waals surface area contributed by atoms with E-state index in [4.69, 9.17) is 4.99 Å². The molecule has 4 rings (SSSR count). The second kappa shape index (κ2) is 5.89. The number of nitrogens with zero attached hydrogens (tertiary/aromatic N) is 3. The molecule has 0 saturated carbocycles. The number of hydrogen-bond acceptors (Lipinski definition) is 2. The Bertz CT molecular complexity index is 912. The third-order valence-corrected chi connectivity index (χ3v) is 3.73. The number of hydrogen-bond donors (Lipinski definition) is 0. The number of benzene rings is 2. The van der Waals surface area contributed by atoms with E-state index in [0.717, 1.165) is 28.0 Å². The lowest BCUT2D eigenvalue weighted by atomic mass is 10.0. The van der Waals surface area contributed by atoms with E-state index in [9.17, 15) is 0 Å². The Morgan fingerprint density at radius 3 is 2.00 bits per heavy atom. The zero-order valence-corrected chi connectivity index (χ0v) is 12.5. The Kier molecular flexibility index (Phi) is 3.45. The fourth-order valence-corrected chi connectivity index (χ4v) is 2.62. The van der Waals surface area contributed by atoms with Gasteiger partial charge < -0.3 is 0 Å². The molecule has 0 aliphatic rings. The standard InChI is InChI=1S/C20H15N3/c1-3-9-16(10-4-1)20(17-11-5-2-6-12-17)22-18-15-21-23-14-8-7-13-19(18)23/h1-15H. The predicted octanol–water partition coefficient (Wildman–Crippen LogP) is 4.50. The van der Waals surface area contributed by atoms with Gasteiger partial charge in [0.1, 0.15) is 5.69 Å². The molecule has 0 spiro atoms. The zero-order chi connectivity index (χ0) is 15.5. The molecule has 2 aromatic carbocycles. The Morgan fingerprint density at radius 1 is 0.739 bits per heavy atom. The summed E-state index contributed by atoms with van der Waals surface area (Å²) < 4.78 is 1.84. The minimum absolute atomic E-state index is 0.869. The van der Waals surface area contributed by atoms with Crippen molar-refractivity contribution in [2.24, 2.45) is 4.99 Å². The van der Waals surface area contributed by atoms with E-state index in [0.29, 0.717) is 0 Å². The van der Waals surface area contributed by atoms with Crippen LogP contribution in [0.15, 0.2) is 96.2 Å². The Balaban J connectivity index is 1.92. The van der Waals surface area contributed by atoms with Crippen LogP contribution in [0.4, 0.5) is 5.69 Å². The monoisotopic (exact) mass is 297 g/mol. The van der Waals surface area contributed by atoms with Gasteiger partial charge in [-0.05, 0) is 12.1 Å². The van der Waals surface area contributed by atoms with E-state index in [-0.39, 0.29) is 0 Å². The van der Waals surface area contributed by atoms with Crippen molar-refractivity contribution in [2.75, 3.05) is 0 Å². The van der Waals surface area contributed by atoms with Crippen molar-refractivity contribution in [1.82, 2.24) is 9.61 Å². The predicted molar refractivity (Wildman–Crippen MR) is 93.4 cm³/mol. The van der Waals surface area contributed by atoms with Gasteiger partial charge in [0.15, 0.2) is 0 Å². The molecule has 0 bridgehead atoms. The number of aromatic nitrogens is 2. The summed E-state index contributed by atoms with van der Waals surface area (Å²) in [6.07, 6.45) is 3.74. The fourth-order valence-electron chi connectivity index (χ4n) is 2.62. The van der Waals surface area contributed by atoms with Crippen LogP contribution >= 0.6 is 0 Å². The highest BCUT2D eigenvalue weighted by molar-refractivity contribution is 6.14. The Labute approximate surface area is 134 Å². The highest BCUT2D eigenvalue weighted by atomic mass is 15.2. The van der Waals surface area contributed by atoms with E-state index in [1.165, 1.54) is 0 Å². The molecule has 0 N–H and O–H groups in total.